The number of carbonyl (C=O) groups excluding carboxylic acids is 1. The monoisotopic (exact) mass is 290 g/mol. The van der Waals surface area contributed by atoms with E-state index in [1.54, 1.807) is 0 Å². The number of carbonyl (C=O) groups is 2. The van der Waals surface area contributed by atoms with Gasteiger partial charge in [0.2, 0.25) is 0 Å². The van der Waals surface area contributed by atoms with Gasteiger partial charge in [-0.1, -0.05) is 26.2 Å². The number of rotatable bonds is 5. The molecule has 0 saturated heterocycles. The zero-order chi connectivity index (χ0) is 15.2. The van der Waals surface area contributed by atoms with Crippen LogP contribution in [0.1, 0.15) is 66.3 Å². The first kappa shape index (κ1) is 15.5. The summed E-state index contributed by atoms with van der Waals surface area (Å²) < 4.78 is 0. The molecule has 0 aromatic carbocycles. The second-order valence-electron chi connectivity index (χ2n) is 5.62. The molecule has 1 saturated carbocycles. The number of hydrogen-bond acceptors (Lipinski definition) is 3. The maximum atomic E-state index is 12.2. The fraction of sp³-hybridized carbons (Fsp3) is 0.562. The predicted octanol–water partition coefficient (Wildman–Crippen LogP) is 2.87. The molecule has 0 spiro atoms. The summed E-state index contributed by atoms with van der Waals surface area (Å²) in [6.07, 6.45) is 8.24. The van der Waals surface area contributed by atoms with Crippen LogP contribution in [0.5, 0.6) is 0 Å². The van der Waals surface area contributed by atoms with Crippen molar-refractivity contribution in [1.29, 1.82) is 0 Å². The van der Waals surface area contributed by atoms with Crippen LogP contribution in [0, 0.1) is 5.92 Å². The topological polar surface area (TPSA) is 79.3 Å². The van der Waals surface area contributed by atoms with Gasteiger partial charge in [-0.15, -0.1) is 0 Å². The van der Waals surface area contributed by atoms with Gasteiger partial charge in [-0.25, -0.2) is 4.79 Å². The van der Waals surface area contributed by atoms with E-state index in [9.17, 15) is 9.59 Å². The third kappa shape index (κ3) is 4.03. The highest BCUT2D eigenvalue weighted by Crippen LogP contribution is 2.27. The number of aromatic nitrogens is 1. The molecule has 2 N–H and O–H groups in total. The first-order valence-electron chi connectivity index (χ1n) is 7.62. The van der Waals surface area contributed by atoms with E-state index >= 15 is 0 Å². The molecule has 0 aliphatic heterocycles. The van der Waals surface area contributed by atoms with Gasteiger partial charge in [-0.3, -0.25) is 9.78 Å². The number of nitrogens with one attached hydrogen (secondary N) is 1. The van der Waals surface area contributed by atoms with Gasteiger partial charge in [-0.2, -0.15) is 0 Å². The van der Waals surface area contributed by atoms with Gasteiger partial charge in [-0.05, 0) is 37.3 Å². The molecule has 1 amide bonds. The number of carboxylic acid groups (broad SMARTS) is 1. The van der Waals surface area contributed by atoms with E-state index in [1.165, 1.54) is 50.4 Å². The highest BCUT2D eigenvalue weighted by atomic mass is 16.4. The molecule has 0 radical (unpaired) electrons. The third-order valence-electron chi connectivity index (χ3n) is 4.22. The van der Waals surface area contributed by atoms with E-state index in [0.717, 1.165) is 6.42 Å². The summed E-state index contributed by atoms with van der Waals surface area (Å²) in [4.78, 5) is 26.9. The highest BCUT2D eigenvalue weighted by molar-refractivity contribution is 5.93. The first-order chi connectivity index (χ1) is 10.1. The summed E-state index contributed by atoms with van der Waals surface area (Å²) in [5, 5.41) is 11.9. The largest absolute Gasteiger partial charge is 0.478 e. The smallest absolute Gasteiger partial charge is 0.337 e. The molecule has 2 rings (SSSR count). The van der Waals surface area contributed by atoms with Crippen LogP contribution in [-0.4, -0.2) is 28.0 Å². The molecular weight excluding hydrogens is 268 g/mol. The molecule has 114 valence electrons. The summed E-state index contributed by atoms with van der Waals surface area (Å²) in [6.45, 7) is 2.08. The Labute approximate surface area is 124 Å². The van der Waals surface area contributed by atoms with Crippen LogP contribution in [0.15, 0.2) is 18.3 Å². The second-order valence-corrected chi connectivity index (χ2v) is 5.62. The molecule has 1 aliphatic carbocycles. The molecule has 1 heterocycles. The molecule has 5 heteroatoms. The van der Waals surface area contributed by atoms with E-state index in [2.05, 4.69) is 17.2 Å². The third-order valence-corrected chi connectivity index (χ3v) is 4.22. The Hall–Kier alpha value is -1.91. The van der Waals surface area contributed by atoms with Crippen molar-refractivity contribution in [2.75, 3.05) is 0 Å². The minimum atomic E-state index is -1.04. The molecule has 5 nitrogen and oxygen atoms in total. The van der Waals surface area contributed by atoms with E-state index in [1.807, 2.05) is 0 Å². The van der Waals surface area contributed by atoms with Gasteiger partial charge in [0.05, 0.1) is 5.56 Å². The number of carboxylic acids is 1. The van der Waals surface area contributed by atoms with Crippen LogP contribution >= 0.6 is 0 Å². The van der Waals surface area contributed by atoms with Crippen molar-refractivity contribution < 1.29 is 14.7 Å². The van der Waals surface area contributed by atoms with Crippen molar-refractivity contribution >= 4 is 11.9 Å². The molecule has 1 aromatic rings. The summed E-state index contributed by atoms with van der Waals surface area (Å²) in [5.41, 5.74) is 0.361. The van der Waals surface area contributed by atoms with Crippen molar-refractivity contribution in [2.45, 2.75) is 51.5 Å². The summed E-state index contributed by atoms with van der Waals surface area (Å²) in [6, 6.07) is 3.05. The lowest BCUT2D eigenvalue weighted by atomic mass is 9.83. The van der Waals surface area contributed by atoms with Crippen molar-refractivity contribution in [2.24, 2.45) is 5.92 Å². The lowest BCUT2D eigenvalue weighted by Gasteiger charge is -2.30. The quantitative estimate of drug-likeness (QED) is 0.874. The zero-order valence-corrected chi connectivity index (χ0v) is 12.3. The Morgan fingerprint density at radius 1 is 1.33 bits per heavy atom. The lowest BCUT2D eigenvalue weighted by Crippen LogP contribution is -2.41. The minimum Gasteiger partial charge on any atom is -0.478 e. The molecular formula is C16H22N2O3. The SMILES string of the molecule is CCC(NC(=O)c1ccc(C(=O)O)cn1)C1CCCCC1. The maximum absolute atomic E-state index is 12.2. The number of pyridine rings is 1. The van der Waals surface area contributed by atoms with Gasteiger partial charge in [0.25, 0.3) is 5.91 Å². The normalized spacial score (nSPS) is 17.2. The minimum absolute atomic E-state index is 0.0888. The molecule has 1 aliphatic rings. The van der Waals surface area contributed by atoms with Crippen LogP contribution in [0.4, 0.5) is 0 Å². The summed E-state index contributed by atoms with van der Waals surface area (Å²) >= 11 is 0. The number of amides is 1. The Balaban J connectivity index is 1.99. The van der Waals surface area contributed by atoms with Gasteiger partial charge in [0.15, 0.2) is 0 Å². The Bertz CT molecular complexity index is 493. The molecule has 21 heavy (non-hydrogen) atoms. The number of hydrogen-bond donors (Lipinski definition) is 2. The van der Waals surface area contributed by atoms with E-state index < -0.39 is 5.97 Å². The van der Waals surface area contributed by atoms with E-state index in [0.29, 0.717) is 5.92 Å². The van der Waals surface area contributed by atoms with Crippen LogP contribution in [0.2, 0.25) is 0 Å². The van der Waals surface area contributed by atoms with Gasteiger partial charge >= 0.3 is 5.97 Å². The molecule has 1 fully saturated rings. The van der Waals surface area contributed by atoms with Crippen LogP contribution < -0.4 is 5.32 Å². The molecule has 0 bridgehead atoms. The average molecular weight is 290 g/mol. The summed E-state index contributed by atoms with van der Waals surface area (Å²) in [5.74, 6) is -0.710. The lowest BCUT2D eigenvalue weighted by molar-refractivity contribution is 0.0695. The Morgan fingerprint density at radius 2 is 2.05 bits per heavy atom. The number of nitrogens with zero attached hydrogens (tertiary/aromatic N) is 1. The second kappa shape index (κ2) is 7.20. The maximum Gasteiger partial charge on any atom is 0.337 e. The first-order valence-corrected chi connectivity index (χ1v) is 7.62. The molecule has 1 atom stereocenters. The molecule has 1 aromatic heterocycles. The molecule has 1 unspecified atom stereocenters. The standard InChI is InChI=1S/C16H22N2O3/c1-2-13(11-6-4-3-5-7-11)18-15(19)14-9-8-12(10-17-14)16(20)21/h8-11,13H,2-7H2,1H3,(H,18,19)(H,20,21). The van der Waals surface area contributed by atoms with Crippen LogP contribution in [0.25, 0.3) is 0 Å². The van der Waals surface area contributed by atoms with E-state index in [4.69, 9.17) is 5.11 Å². The van der Waals surface area contributed by atoms with Gasteiger partial charge in [0, 0.05) is 12.2 Å². The van der Waals surface area contributed by atoms with Crippen molar-refractivity contribution in [3.05, 3.63) is 29.6 Å². The summed E-state index contributed by atoms with van der Waals surface area (Å²) in [7, 11) is 0. The Morgan fingerprint density at radius 3 is 2.57 bits per heavy atom. The Kier molecular flexibility index (Phi) is 5.31. The van der Waals surface area contributed by atoms with Crippen LogP contribution in [0.3, 0.4) is 0 Å². The fourth-order valence-corrected chi connectivity index (χ4v) is 2.99. The van der Waals surface area contributed by atoms with Gasteiger partial charge in [0.1, 0.15) is 5.69 Å². The van der Waals surface area contributed by atoms with Crippen LogP contribution in [-0.2, 0) is 0 Å². The highest BCUT2D eigenvalue weighted by Gasteiger charge is 2.24. The van der Waals surface area contributed by atoms with Crippen molar-refractivity contribution in [3.8, 4) is 0 Å². The average Bonchev–Trinajstić information content (AvgIpc) is 2.53. The predicted molar refractivity (Wildman–Crippen MR) is 79.3 cm³/mol. The van der Waals surface area contributed by atoms with Gasteiger partial charge < -0.3 is 10.4 Å². The van der Waals surface area contributed by atoms with E-state index in [-0.39, 0.29) is 23.2 Å². The zero-order valence-electron chi connectivity index (χ0n) is 12.3. The van der Waals surface area contributed by atoms with Crippen molar-refractivity contribution in [3.63, 3.8) is 0 Å². The number of aromatic carboxylic acids is 1. The van der Waals surface area contributed by atoms with Crippen molar-refractivity contribution in [1.82, 2.24) is 10.3 Å². The fourth-order valence-electron chi connectivity index (χ4n) is 2.99.